The van der Waals surface area contributed by atoms with Crippen LogP contribution in [0.4, 0.5) is 0 Å². The Bertz CT molecular complexity index is 927. The first-order valence-electron chi connectivity index (χ1n) is 7.54. The van der Waals surface area contributed by atoms with Crippen molar-refractivity contribution in [1.29, 1.82) is 0 Å². The van der Waals surface area contributed by atoms with Gasteiger partial charge in [0.15, 0.2) is 5.43 Å². The molecule has 118 valence electrons. The van der Waals surface area contributed by atoms with E-state index in [1.54, 1.807) is 7.11 Å². The average molecular weight is 372 g/mol. The molecule has 0 saturated heterocycles. The fourth-order valence-corrected chi connectivity index (χ4v) is 3.30. The molecule has 0 aliphatic carbocycles. The van der Waals surface area contributed by atoms with Crippen molar-refractivity contribution in [3.05, 3.63) is 62.9 Å². The molecule has 0 amide bonds. The lowest BCUT2D eigenvalue weighted by Gasteiger charge is -2.17. The number of benzene rings is 2. The normalized spacial score (nSPS) is 11.0. The van der Waals surface area contributed by atoms with Gasteiger partial charge in [-0.3, -0.25) is 4.79 Å². The second-order valence-electron chi connectivity index (χ2n) is 5.42. The smallest absolute Gasteiger partial charge is 0.197 e. The molecule has 2 aromatic carbocycles. The first-order chi connectivity index (χ1) is 11.1. The molecule has 0 radical (unpaired) electrons. The van der Waals surface area contributed by atoms with Crippen LogP contribution in [0.5, 0.6) is 5.75 Å². The lowest BCUT2D eigenvalue weighted by molar-refractivity contribution is 0.415. The van der Waals surface area contributed by atoms with E-state index in [1.807, 2.05) is 49.4 Å². The van der Waals surface area contributed by atoms with E-state index in [0.717, 1.165) is 44.5 Å². The summed E-state index contributed by atoms with van der Waals surface area (Å²) >= 11 is 3.44. The maximum atomic E-state index is 13.0. The number of ether oxygens (including phenoxy) is 1. The number of fused-ring (bicyclic) bond motifs is 1. The maximum absolute atomic E-state index is 13.0. The number of hydrogen-bond acceptors (Lipinski definition) is 2. The Morgan fingerprint density at radius 3 is 2.43 bits per heavy atom. The number of pyridine rings is 1. The Kier molecular flexibility index (Phi) is 4.26. The van der Waals surface area contributed by atoms with E-state index in [1.165, 1.54) is 0 Å². The van der Waals surface area contributed by atoms with Crippen LogP contribution in [0.25, 0.3) is 22.0 Å². The van der Waals surface area contributed by atoms with Gasteiger partial charge in [-0.15, -0.1) is 0 Å². The molecule has 0 atom stereocenters. The van der Waals surface area contributed by atoms with Crippen LogP contribution >= 0.6 is 15.9 Å². The third kappa shape index (κ3) is 2.68. The standard InChI is InChI=1S/C19H18BrNO2/c1-4-21-12(2)18(13-5-7-14(20)8-6-13)19(22)16-10-9-15(23-3)11-17(16)21/h5-11H,4H2,1-3H3. The molecule has 4 heteroatoms. The largest absolute Gasteiger partial charge is 0.497 e. The van der Waals surface area contributed by atoms with Crippen LogP contribution in [-0.4, -0.2) is 11.7 Å². The highest BCUT2D eigenvalue weighted by Crippen LogP contribution is 2.27. The van der Waals surface area contributed by atoms with Gasteiger partial charge < -0.3 is 9.30 Å². The molecule has 3 rings (SSSR count). The Labute approximate surface area is 143 Å². The highest BCUT2D eigenvalue weighted by molar-refractivity contribution is 9.10. The molecule has 0 saturated carbocycles. The van der Waals surface area contributed by atoms with Crippen molar-refractivity contribution >= 4 is 26.8 Å². The van der Waals surface area contributed by atoms with E-state index in [-0.39, 0.29) is 5.43 Å². The number of aromatic nitrogens is 1. The fraction of sp³-hybridized carbons (Fsp3) is 0.211. The topological polar surface area (TPSA) is 31.2 Å². The zero-order valence-electron chi connectivity index (χ0n) is 13.4. The quantitative estimate of drug-likeness (QED) is 0.663. The van der Waals surface area contributed by atoms with Gasteiger partial charge in [-0.25, -0.2) is 0 Å². The molecule has 3 aromatic rings. The number of nitrogens with zero attached hydrogens (tertiary/aromatic N) is 1. The second kappa shape index (κ2) is 6.20. The van der Waals surface area contributed by atoms with Crippen LogP contribution < -0.4 is 10.2 Å². The van der Waals surface area contributed by atoms with Gasteiger partial charge in [-0.1, -0.05) is 28.1 Å². The predicted molar refractivity (Wildman–Crippen MR) is 98.3 cm³/mol. The summed E-state index contributed by atoms with van der Waals surface area (Å²) in [6.45, 7) is 4.88. The molecule has 0 fully saturated rings. The molecule has 23 heavy (non-hydrogen) atoms. The summed E-state index contributed by atoms with van der Waals surface area (Å²) in [5, 5.41) is 0.719. The van der Waals surface area contributed by atoms with Crippen LogP contribution in [0.15, 0.2) is 51.7 Å². The summed E-state index contributed by atoms with van der Waals surface area (Å²) in [5.74, 6) is 0.759. The van der Waals surface area contributed by atoms with Gasteiger partial charge in [-0.2, -0.15) is 0 Å². The Morgan fingerprint density at radius 2 is 1.83 bits per heavy atom. The minimum Gasteiger partial charge on any atom is -0.497 e. The summed E-state index contributed by atoms with van der Waals surface area (Å²) in [5.41, 5.74) is 3.65. The summed E-state index contributed by atoms with van der Waals surface area (Å²) in [4.78, 5) is 13.0. The van der Waals surface area contributed by atoms with Gasteiger partial charge in [0.25, 0.3) is 0 Å². The van der Waals surface area contributed by atoms with E-state index < -0.39 is 0 Å². The highest BCUT2D eigenvalue weighted by atomic mass is 79.9. The van der Waals surface area contributed by atoms with E-state index >= 15 is 0 Å². The third-order valence-electron chi connectivity index (χ3n) is 4.18. The predicted octanol–water partition coefficient (Wildman–Crippen LogP) is 4.77. The summed E-state index contributed by atoms with van der Waals surface area (Å²) in [6.07, 6.45) is 0. The zero-order valence-corrected chi connectivity index (χ0v) is 15.0. The molecule has 0 N–H and O–H groups in total. The Hall–Kier alpha value is -2.07. The zero-order chi connectivity index (χ0) is 16.6. The SMILES string of the molecule is CCn1c(C)c(-c2ccc(Br)cc2)c(=O)c2ccc(OC)cc21. The third-order valence-corrected chi connectivity index (χ3v) is 4.71. The molecule has 1 heterocycles. The van der Waals surface area contributed by atoms with E-state index in [2.05, 4.69) is 27.4 Å². The molecular weight excluding hydrogens is 354 g/mol. The fourth-order valence-electron chi connectivity index (χ4n) is 3.03. The number of methoxy groups -OCH3 is 1. The molecular formula is C19H18BrNO2. The highest BCUT2D eigenvalue weighted by Gasteiger charge is 2.15. The molecule has 1 aromatic heterocycles. The Balaban J connectivity index is 2.40. The van der Waals surface area contributed by atoms with Crippen molar-refractivity contribution in [2.75, 3.05) is 7.11 Å². The van der Waals surface area contributed by atoms with Crippen LogP contribution in [0.3, 0.4) is 0 Å². The summed E-state index contributed by atoms with van der Waals surface area (Å²) < 4.78 is 8.47. The lowest BCUT2D eigenvalue weighted by Crippen LogP contribution is -2.15. The van der Waals surface area contributed by atoms with Crippen molar-refractivity contribution in [1.82, 2.24) is 4.57 Å². The van der Waals surface area contributed by atoms with E-state index in [9.17, 15) is 4.79 Å². The number of hydrogen-bond donors (Lipinski definition) is 0. The van der Waals surface area contributed by atoms with Crippen LogP contribution in [0, 0.1) is 6.92 Å². The monoisotopic (exact) mass is 371 g/mol. The van der Waals surface area contributed by atoms with Crippen molar-refractivity contribution < 1.29 is 4.74 Å². The molecule has 0 spiro atoms. The summed E-state index contributed by atoms with van der Waals surface area (Å²) in [6, 6.07) is 13.5. The van der Waals surface area contributed by atoms with Crippen LogP contribution in [0.2, 0.25) is 0 Å². The van der Waals surface area contributed by atoms with Gasteiger partial charge in [0.05, 0.1) is 12.6 Å². The second-order valence-corrected chi connectivity index (χ2v) is 6.34. The molecule has 0 unspecified atom stereocenters. The number of halogens is 1. The van der Waals surface area contributed by atoms with Gasteiger partial charge in [-0.05, 0) is 43.7 Å². The van der Waals surface area contributed by atoms with Crippen molar-refractivity contribution in [3.8, 4) is 16.9 Å². The van der Waals surface area contributed by atoms with Gasteiger partial charge in [0.1, 0.15) is 5.75 Å². The Morgan fingerprint density at radius 1 is 1.13 bits per heavy atom. The maximum Gasteiger partial charge on any atom is 0.197 e. The van der Waals surface area contributed by atoms with Crippen LogP contribution in [-0.2, 0) is 6.54 Å². The van der Waals surface area contributed by atoms with Gasteiger partial charge in [0, 0.05) is 33.7 Å². The van der Waals surface area contributed by atoms with E-state index in [4.69, 9.17) is 4.74 Å². The number of rotatable bonds is 3. The molecule has 3 nitrogen and oxygen atoms in total. The van der Waals surface area contributed by atoms with Crippen molar-refractivity contribution in [2.24, 2.45) is 0 Å². The molecule has 0 bridgehead atoms. The van der Waals surface area contributed by atoms with Gasteiger partial charge >= 0.3 is 0 Å². The first-order valence-corrected chi connectivity index (χ1v) is 8.33. The molecule has 0 aliphatic rings. The lowest BCUT2D eigenvalue weighted by atomic mass is 10.0. The van der Waals surface area contributed by atoms with Crippen molar-refractivity contribution in [3.63, 3.8) is 0 Å². The minimum atomic E-state index is 0.0622. The first kappa shape index (κ1) is 15.8. The molecule has 0 aliphatic heterocycles. The van der Waals surface area contributed by atoms with Crippen LogP contribution in [0.1, 0.15) is 12.6 Å². The number of aryl methyl sites for hydroxylation is 1. The average Bonchev–Trinajstić information content (AvgIpc) is 2.56. The van der Waals surface area contributed by atoms with Crippen molar-refractivity contribution in [2.45, 2.75) is 20.4 Å². The van der Waals surface area contributed by atoms with Gasteiger partial charge in [0.2, 0.25) is 0 Å². The minimum absolute atomic E-state index is 0.0622. The van der Waals surface area contributed by atoms with E-state index in [0.29, 0.717) is 0 Å². The summed E-state index contributed by atoms with van der Waals surface area (Å²) in [7, 11) is 1.64.